The van der Waals surface area contributed by atoms with Crippen LogP contribution in [0.15, 0.2) is 52.8 Å². The van der Waals surface area contributed by atoms with Crippen LogP contribution in [0.25, 0.3) is 11.1 Å². The van der Waals surface area contributed by atoms with E-state index in [4.69, 9.17) is 0 Å². The van der Waals surface area contributed by atoms with E-state index in [2.05, 4.69) is 10.4 Å². The van der Waals surface area contributed by atoms with Crippen molar-refractivity contribution < 1.29 is 0 Å². The summed E-state index contributed by atoms with van der Waals surface area (Å²) >= 11 is 0. The van der Waals surface area contributed by atoms with E-state index in [-0.39, 0.29) is 0 Å². The lowest BCUT2D eigenvalue weighted by Gasteiger charge is -2.08. The van der Waals surface area contributed by atoms with Crippen molar-refractivity contribution in [1.82, 2.24) is 0 Å². The first-order valence-corrected chi connectivity index (χ1v) is 6.14. The van der Waals surface area contributed by atoms with Crippen molar-refractivity contribution in [2.24, 2.45) is 10.4 Å². The Morgan fingerprint density at radius 2 is 1.74 bits per heavy atom. The molecule has 0 bridgehead atoms. The van der Waals surface area contributed by atoms with Gasteiger partial charge in [-0.05, 0) is 34.7 Å². The van der Waals surface area contributed by atoms with Crippen LogP contribution in [-0.2, 0) is 0 Å². The molecule has 4 heteroatoms. The van der Waals surface area contributed by atoms with Gasteiger partial charge in [0.15, 0.2) is 0 Å². The second kappa shape index (κ2) is 4.39. The van der Waals surface area contributed by atoms with Gasteiger partial charge in [-0.25, -0.2) is 0 Å². The van der Waals surface area contributed by atoms with Gasteiger partial charge < -0.3 is 0 Å². The number of benzene rings is 2. The highest BCUT2D eigenvalue weighted by molar-refractivity contribution is 5.79. The van der Waals surface area contributed by atoms with Gasteiger partial charge in [-0.1, -0.05) is 52.8 Å². The third kappa shape index (κ3) is 1.68. The highest BCUT2D eigenvalue weighted by Crippen LogP contribution is 2.46. The van der Waals surface area contributed by atoms with Crippen LogP contribution in [0.4, 0.5) is 0 Å². The van der Waals surface area contributed by atoms with Gasteiger partial charge in [-0.2, -0.15) is 4.91 Å². The van der Waals surface area contributed by atoms with Crippen molar-refractivity contribution in [2.45, 2.75) is 19.0 Å². The summed E-state index contributed by atoms with van der Waals surface area (Å²) in [6.45, 7) is 1.74. The predicted molar refractivity (Wildman–Crippen MR) is 73.7 cm³/mol. The Morgan fingerprint density at radius 3 is 2.47 bits per heavy atom. The molecule has 0 heterocycles. The second-order valence-electron chi connectivity index (χ2n) is 4.72. The van der Waals surface area contributed by atoms with E-state index in [9.17, 15) is 9.81 Å². The maximum absolute atomic E-state index is 11.1. The van der Waals surface area contributed by atoms with Crippen LogP contribution >= 0.6 is 0 Å². The summed E-state index contributed by atoms with van der Waals surface area (Å²) in [5, 5.41) is 6.26. The topological polar surface area (TPSA) is 58.9 Å². The van der Waals surface area contributed by atoms with E-state index < -0.39 is 12.1 Å². The van der Waals surface area contributed by atoms with Gasteiger partial charge >= 0.3 is 0 Å². The van der Waals surface area contributed by atoms with Crippen molar-refractivity contribution in [3.8, 4) is 11.1 Å². The number of nitrogens with zero attached hydrogens (tertiary/aromatic N) is 2. The minimum Gasteiger partial charge on any atom is -0.150 e. The summed E-state index contributed by atoms with van der Waals surface area (Å²) in [4.78, 5) is 21.8. The van der Waals surface area contributed by atoms with Crippen LogP contribution in [0.3, 0.4) is 0 Å². The Hall–Kier alpha value is -2.36. The molecule has 19 heavy (non-hydrogen) atoms. The zero-order chi connectivity index (χ0) is 13.4. The summed E-state index contributed by atoms with van der Waals surface area (Å²) in [6.07, 6.45) is 0. The molecule has 0 aromatic heterocycles. The number of hydrogen-bond acceptors (Lipinski definition) is 4. The van der Waals surface area contributed by atoms with Crippen LogP contribution in [0.5, 0.6) is 0 Å². The molecule has 2 atom stereocenters. The normalized spacial score (nSPS) is 17.4. The zero-order valence-electron chi connectivity index (χ0n) is 10.4. The lowest BCUT2D eigenvalue weighted by Crippen LogP contribution is -1.94. The summed E-state index contributed by atoms with van der Waals surface area (Å²) in [7, 11) is 0. The van der Waals surface area contributed by atoms with Crippen molar-refractivity contribution in [1.29, 1.82) is 0 Å². The van der Waals surface area contributed by atoms with Gasteiger partial charge in [0.1, 0.15) is 12.1 Å². The molecule has 4 nitrogen and oxygen atoms in total. The summed E-state index contributed by atoms with van der Waals surface area (Å²) < 4.78 is 0. The molecule has 0 saturated heterocycles. The Morgan fingerprint density at radius 1 is 1.00 bits per heavy atom. The smallest absolute Gasteiger partial charge is 0.143 e. The zero-order valence-corrected chi connectivity index (χ0v) is 10.4. The van der Waals surface area contributed by atoms with E-state index in [1.165, 1.54) is 0 Å². The van der Waals surface area contributed by atoms with Gasteiger partial charge in [0.05, 0.1) is 0 Å². The number of hydrogen-bond donors (Lipinski definition) is 0. The van der Waals surface area contributed by atoms with Gasteiger partial charge in [0.2, 0.25) is 0 Å². The molecule has 0 N–H and O–H groups in total. The molecule has 2 aromatic rings. The van der Waals surface area contributed by atoms with E-state index in [0.717, 1.165) is 27.8 Å². The minimum absolute atomic E-state index is 0.415. The lowest BCUT2D eigenvalue weighted by molar-refractivity contribution is 0.803. The Kier molecular flexibility index (Phi) is 2.71. The third-order valence-corrected chi connectivity index (χ3v) is 3.66. The minimum atomic E-state index is -0.481. The molecule has 0 amide bonds. The highest BCUT2D eigenvalue weighted by atomic mass is 16.3. The van der Waals surface area contributed by atoms with Crippen LogP contribution in [0, 0.1) is 9.81 Å². The summed E-state index contributed by atoms with van der Waals surface area (Å²) in [5.41, 5.74) is 4.66. The molecule has 2 aromatic carbocycles. The Bertz CT molecular complexity index is 667. The maximum atomic E-state index is 11.1. The van der Waals surface area contributed by atoms with E-state index in [1.807, 2.05) is 42.5 Å². The van der Waals surface area contributed by atoms with E-state index >= 15 is 0 Å². The number of fused-ring (bicyclic) bond motifs is 3. The van der Waals surface area contributed by atoms with Crippen molar-refractivity contribution in [3.63, 3.8) is 0 Å². The van der Waals surface area contributed by atoms with Crippen molar-refractivity contribution in [2.75, 3.05) is 0 Å². The standard InChI is InChI=1S/C15H12N2O2/c1-9(16-18)10-6-7-12-11-4-2-3-5-13(11)15(17-19)14(12)8-10/h2-9,15H,1H3. The molecule has 94 valence electrons. The first-order valence-electron chi connectivity index (χ1n) is 6.14. The Labute approximate surface area is 110 Å². The van der Waals surface area contributed by atoms with Crippen LogP contribution in [0.1, 0.15) is 35.7 Å². The van der Waals surface area contributed by atoms with Gasteiger partial charge in [0.25, 0.3) is 0 Å². The summed E-state index contributed by atoms with van der Waals surface area (Å²) in [5.74, 6) is 0. The first kappa shape index (κ1) is 11.7. The fourth-order valence-corrected chi connectivity index (χ4v) is 2.64. The molecule has 0 radical (unpaired) electrons. The summed E-state index contributed by atoms with van der Waals surface area (Å²) in [6, 6.07) is 12.5. The molecule has 0 aliphatic heterocycles. The van der Waals surface area contributed by atoms with Crippen molar-refractivity contribution in [3.05, 3.63) is 69.0 Å². The average molecular weight is 252 g/mol. The molecule has 1 aliphatic carbocycles. The average Bonchev–Trinajstić information content (AvgIpc) is 2.79. The number of rotatable bonds is 3. The SMILES string of the molecule is CC(N=O)c1ccc2c(c1)C(N=O)c1ccccc1-2. The molecule has 2 unspecified atom stereocenters. The Balaban J connectivity index is 2.20. The molecule has 0 spiro atoms. The molecule has 1 aliphatic rings. The molecule has 0 fully saturated rings. The maximum Gasteiger partial charge on any atom is 0.143 e. The predicted octanol–water partition coefficient (Wildman–Crippen LogP) is 4.35. The van der Waals surface area contributed by atoms with Crippen LogP contribution < -0.4 is 0 Å². The van der Waals surface area contributed by atoms with Crippen LogP contribution in [0.2, 0.25) is 0 Å². The second-order valence-corrected chi connectivity index (χ2v) is 4.72. The largest absolute Gasteiger partial charge is 0.150 e. The fraction of sp³-hybridized carbons (Fsp3) is 0.200. The number of nitroso groups, excluding NO2 is 2. The highest BCUT2D eigenvalue weighted by Gasteiger charge is 2.29. The van der Waals surface area contributed by atoms with Gasteiger partial charge in [0, 0.05) is 0 Å². The van der Waals surface area contributed by atoms with Gasteiger partial charge in [-0.3, -0.25) is 0 Å². The fourth-order valence-electron chi connectivity index (χ4n) is 2.64. The van der Waals surface area contributed by atoms with Gasteiger partial charge in [-0.15, -0.1) is 4.91 Å². The molecule has 0 saturated carbocycles. The van der Waals surface area contributed by atoms with E-state index in [1.54, 1.807) is 6.92 Å². The molecule has 3 rings (SSSR count). The lowest BCUT2D eigenvalue weighted by atomic mass is 9.99. The monoisotopic (exact) mass is 252 g/mol. The quantitative estimate of drug-likeness (QED) is 0.762. The van der Waals surface area contributed by atoms with Crippen LogP contribution in [-0.4, -0.2) is 0 Å². The first-order chi connectivity index (χ1) is 9.26. The van der Waals surface area contributed by atoms with Crippen molar-refractivity contribution >= 4 is 0 Å². The van der Waals surface area contributed by atoms with E-state index in [0.29, 0.717) is 0 Å². The molecular formula is C15H12N2O2. The molecular weight excluding hydrogens is 240 g/mol. The third-order valence-electron chi connectivity index (χ3n) is 3.66.